The number of benzene rings is 2. The topological polar surface area (TPSA) is 38.3 Å². The second-order valence-corrected chi connectivity index (χ2v) is 6.29. The van der Waals surface area contributed by atoms with E-state index in [1.54, 1.807) is 25.3 Å². The van der Waals surface area contributed by atoms with Crippen LogP contribution in [0.1, 0.15) is 15.2 Å². The van der Waals surface area contributed by atoms with Gasteiger partial charge in [-0.1, -0.05) is 24.3 Å². The molecule has 3 aromatic rings. The SMILES string of the molecule is COc1cccc(CNC(=O)c2ccc(-c3ccc(F)cc3)s2)c1. The Bertz CT molecular complexity index is 843. The van der Waals surface area contributed by atoms with Crippen LogP contribution in [0.2, 0.25) is 0 Å². The first-order valence-corrected chi connectivity index (χ1v) is 8.24. The second kappa shape index (κ2) is 7.27. The highest BCUT2D eigenvalue weighted by Gasteiger charge is 2.10. The van der Waals surface area contributed by atoms with Crippen molar-refractivity contribution in [3.05, 3.63) is 76.9 Å². The van der Waals surface area contributed by atoms with E-state index in [1.807, 2.05) is 30.3 Å². The summed E-state index contributed by atoms with van der Waals surface area (Å²) < 4.78 is 18.2. The number of halogens is 1. The zero-order chi connectivity index (χ0) is 16.9. The average Bonchev–Trinajstić information content (AvgIpc) is 3.10. The zero-order valence-corrected chi connectivity index (χ0v) is 13.9. The van der Waals surface area contributed by atoms with Crippen molar-refractivity contribution >= 4 is 17.2 Å². The first kappa shape index (κ1) is 16.2. The van der Waals surface area contributed by atoms with Gasteiger partial charge in [0.2, 0.25) is 0 Å². The molecule has 3 rings (SSSR count). The van der Waals surface area contributed by atoms with Crippen molar-refractivity contribution in [3.63, 3.8) is 0 Å². The normalized spacial score (nSPS) is 10.4. The highest BCUT2D eigenvalue weighted by molar-refractivity contribution is 7.17. The maximum atomic E-state index is 13.0. The number of thiophene rings is 1. The van der Waals surface area contributed by atoms with Crippen molar-refractivity contribution in [1.82, 2.24) is 5.32 Å². The lowest BCUT2D eigenvalue weighted by Crippen LogP contribution is -2.21. The van der Waals surface area contributed by atoms with Gasteiger partial charge in [-0.3, -0.25) is 4.79 Å². The molecule has 24 heavy (non-hydrogen) atoms. The van der Waals surface area contributed by atoms with E-state index < -0.39 is 0 Å². The van der Waals surface area contributed by atoms with Gasteiger partial charge in [0.25, 0.3) is 5.91 Å². The number of rotatable bonds is 5. The van der Waals surface area contributed by atoms with Crippen molar-refractivity contribution in [2.45, 2.75) is 6.54 Å². The van der Waals surface area contributed by atoms with Gasteiger partial charge in [-0.25, -0.2) is 4.39 Å². The van der Waals surface area contributed by atoms with Crippen molar-refractivity contribution in [2.24, 2.45) is 0 Å². The Labute approximate surface area is 143 Å². The van der Waals surface area contributed by atoms with Crippen molar-refractivity contribution in [2.75, 3.05) is 7.11 Å². The monoisotopic (exact) mass is 341 g/mol. The van der Waals surface area contributed by atoms with Crippen LogP contribution < -0.4 is 10.1 Å². The standard InChI is InChI=1S/C19H16FNO2S/c1-23-16-4-2-3-13(11-16)12-21-19(22)18-10-9-17(24-18)14-5-7-15(20)8-6-14/h2-11H,12H2,1H3,(H,21,22). The number of ether oxygens (including phenoxy) is 1. The van der Waals surface area contributed by atoms with Gasteiger partial charge in [-0.15, -0.1) is 11.3 Å². The summed E-state index contributed by atoms with van der Waals surface area (Å²) in [7, 11) is 1.61. The molecule has 0 aliphatic carbocycles. The van der Waals surface area contributed by atoms with Gasteiger partial charge in [-0.2, -0.15) is 0 Å². The van der Waals surface area contributed by atoms with E-state index in [-0.39, 0.29) is 11.7 Å². The molecule has 0 atom stereocenters. The smallest absolute Gasteiger partial charge is 0.261 e. The van der Waals surface area contributed by atoms with Crippen molar-refractivity contribution in [1.29, 1.82) is 0 Å². The molecular formula is C19H16FNO2S. The van der Waals surface area contributed by atoms with Gasteiger partial charge in [0.1, 0.15) is 11.6 Å². The molecule has 0 unspecified atom stereocenters. The lowest BCUT2D eigenvalue weighted by molar-refractivity contribution is 0.0955. The van der Waals surface area contributed by atoms with Gasteiger partial charge in [0.15, 0.2) is 0 Å². The first-order chi connectivity index (χ1) is 11.7. The fourth-order valence-corrected chi connectivity index (χ4v) is 3.21. The quantitative estimate of drug-likeness (QED) is 0.742. The third-order valence-corrected chi connectivity index (χ3v) is 4.68. The van der Waals surface area contributed by atoms with Gasteiger partial charge >= 0.3 is 0 Å². The van der Waals surface area contributed by atoms with E-state index in [0.717, 1.165) is 21.8 Å². The minimum atomic E-state index is -0.272. The zero-order valence-electron chi connectivity index (χ0n) is 13.1. The summed E-state index contributed by atoms with van der Waals surface area (Å²) in [6.07, 6.45) is 0. The fraction of sp³-hybridized carbons (Fsp3) is 0.105. The number of hydrogen-bond acceptors (Lipinski definition) is 3. The Morgan fingerprint density at radius 2 is 1.92 bits per heavy atom. The molecule has 0 fully saturated rings. The summed E-state index contributed by atoms with van der Waals surface area (Å²) in [5.74, 6) is 0.360. The molecule has 0 aliphatic heterocycles. The van der Waals surface area contributed by atoms with Gasteiger partial charge in [0, 0.05) is 11.4 Å². The molecule has 3 nitrogen and oxygen atoms in total. The Kier molecular flexibility index (Phi) is 4.91. The van der Waals surface area contributed by atoms with Gasteiger partial charge in [-0.05, 0) is 47.5 Å². The molecule has 0 spiro atoms. The molecule has 122 valence electrons. The van der Waals surface area contributed by atoms with Crippen LogP contribution >= 0.6 is 11.3 Å². The summed E-state index contributed by atoms with van der Waals surface area (Å²) in [6.45, 7) is 0.430. The molecule has 0 radical (unpaired) electrons. The molecule has 1 N–H and O–H groups in total. The molecule has 0 saturated heterocycles. The minimum absolute atomic E-state index is 0.129. The second-order valence-electron chi connectivity index (χ2n) is 5.20. The predicted molar refractivity (Wildman–Crippen MR) is 93.9 cm³/mol. The number of carbonyl (C=O) groups is 1. The molecular weight excluding hydrogens is 325 g/mol. The lowest BCUT2D eigenvalue weighted by Gasteiger charge is -2.06. The predicted octanol–water partition coefficient (Wildman–Crippen LogP) is 4.49. The van der Waals surface area contributed by atoms with Crippen LogP contribution in [0, 0.1) is 5.82 Å². The lowest BCUT2D eigenvalue weighted by atomic mass is 10.2. The average molecular weight is 341 g/mol. The molecule has 1 aromatic heterocycles. The molecule has 0 aliphatic rings. The van der Waals surface area contributed by atoms with Crippen LogP contribution in [0.25, 0.3) is 10.4 Å². The fourth-order valence-electron chi connectivity index (χ4n) is 2.28. The molecule has 1 heterocycles. The summed E-state index contributed by atoms with van der Waals surface area (Å²) in [5, 5.41) is 2.90. The van der Waals surface area contributed by atoms with Crippen LogP contribution in [0.3, 0.4) is 0 Å². The molecule has 2 aromatic carbocycles. The maximum absolute atomic E-state index is 13.0. The van der Waals surface area contributed by atoms with Crippen molar-refractivity contribution in [3.8, 4) is 16.2 Å². The van der Waals surface area contributed by atoms with Crippen LogP contribution in [-0.2, 0) is 6.54 Å². The molecule has 5 heteroatoms. The van der Waals surface area contributed by atoms with Crippen LogP contribution in [0.5, 0.6) is 5.75 Å². The summed E-state index contributed by atoms with van der Waals surface area (Å²) in [6, 6.07) is 17.5. The molecule has 0 bridgehead atoms. The molecule has 0 saturated carbocycles. The minimum Gasteiger partial charge on any atom is -0.497 e. The number of nitrogens with one attached hydrogen (secondary N) is 1. The third kappa shape index (κ3) is 3.81. The first-order valence-electron chi connectivity index (χ1n) is 7.42. The Morgan fingerprint density at radius 1 is 1.12 bits per heavy atom. The summed E-state index contributed by atoms with van der Waals surface area (Å²) >= 11 is 1.38. The maximum Gasteiger partial charge on any atom is 0.261 e. The van der Waals surface area contributed by atoms with Gasteiger partial charge < -0.3 is 10.1 Å². The number of amides is 1. The summed E-state index contributed by atoms with van der Waals surface area (Å²) in [4.78, 5) is 13.8. The highest BCUT2D eigenvalue weighted by atomic mass is 32.1. The van der Waals surface area contributed by atoms with Crippen molar-refractivity contribution < 1.29 is 13.9 Å². The van der Waals surface area contributed by atoms with E-state index in [9.17, 15) is 9.18 Å². The summed E-state index contributed by atoms with van der Waals surface area (Å²) in [5.41, 5.74) is 1.87. The Hall–Kier alpha value is -2.66. The highest BCUT2D eigenvalue weighted by Crippen LogP contribution is 2.28. The van der Waals surface area contributed by atoms with E-state index in [1.165, 1.54) is 23.5 Å². The van der Waals surface area contributed by atoms with E-state index in [2.05, 4.69) is 5.32 Å². The van der Waals surface area contributed by atoms with Gasteiger partial charge in [0.05, 0.1) is 12.0 Å². The van der Waals surface area contributed by atoms with Crippen LogP contribution in [-0.4, -0.2) is 13.0 Å². The number of methoxy groups -OCH3 is 1. The Morgan fingerprint density at radius 3 is 2.67 bits per heavy atom. The van der Waals surface area contributed by atoms with E-state index >= 15 is 0 Å². The van der Waals surface area contributed by atoms with Crippen LogP contribution in [0.15, 0.2) is 60.7 Å². The largest absolute Gasteiger partial charge is 0.497 e. The number of carbonyl (C=O) groups excluding carboxylic acids is 1. The third-order valence-electron chi connectivity index (χ3n) is 3.55. The Balaban J connectivity index is 1.66. The molecule has 1 amide bonds. The van der Waals surface area contributed by atoms with E-state index in [0.29, 0.717) is 11.4 Å². The van der Waals surface area contributed by atoms with E-state index in [4.69, 9.17) is 4.74 Å². The van der Waals surface area contributed by atoms with Crippen LogP contribution in [0.4, 0.5) is 4.39 Å². The number of hydrogen-bond donors (Lipinski definition) is 1.